The lowest BCUT2D eigenvalue weighted by Crippen LogP contribution is -2.70. The van der Waals surface area contributed by atoms with Gasteiger partial charge in [-0.25, -0.2) is 0 Å². The largest absolute Gasteiger partial charge is 0.492 e. The number of carbonyl (C=O) groups is 2. The number of aliphatic hydroxyl groups excluding tert-OH is 2. The SMILES string of the molecule is NCCO[C@@H]1O[C@H](COC(=O)CC(=O)O)[C@]2(CC[C@H](CO)CO2)[C@H](O)[C@H]1OOc1ccc2c(c1)[C@H]1Oc3cc4c(cc3[C@H]1CO2)OCO4. The van der Waals surface area contributed by atoms with Crippen LogP contribution in [0.3, 0.4) is 0 Å². The second-order valence-electron chi connectivity index (χ2n) is 12.2. The highest BCUT2D eigenvalue weighted by Crippen LogP contribution is 2.54. The number of rotatable bonds is 11. The molecule has 1 spiro atoms. The van der Waals surface area contributed by atoms with Crippen LogP contribution >= 0.6 is 0 Å². The van der Waals surface area contributed by atoms with Gasteiger partial charge in [0.2, 0.25) is 6.79 Å². The van der Waals surface area contributed by atoms with Crippen LogP contribution in [0, 0.1) is 5.92 Å². The Balaban J connectivity index is 1.10. The summed E-state index contributed by atoms with van der Waals surface area (Å²) in [6.07, 6.45) is -5.62. The van der Waals surface area contributed by atoms with Crippen LogP contribution in [0.25, 0.3) is 0 Å². The Morgan fingerprint density at radius 3 is 2.60 bits per heavy atom. The first-order chi connectivity index (χ1) is 23.3. The minimum atomic E-state index is -1.47. The third kappa shape index (κ3) is 6.09. The van der Waals surface area contributed by atoms with Crippen molar-refractivity contribution in [2.75, 3.05) is 46.4 Å². The average Bonchev–Trinajstić information content (AvgIpc) is 3.70. The van der Waals surface area contributed by atoms with Gasteiger partial charge in [0, 0.05) is 36.3 Å². The van der Waals surface area contributed by atoms with Gasteiger partial charge in [-0.05, 0) is 37.1 Å². The molecule has 5 heterocycles. The zero-order valence-electron chi connectivity index (χ0n) is 25.8. The molecule has 260 valence electrons. The lowest BCUT2D eigenvalue weighted by molar-refractivity contribution is -0.400. The van der Waals surface area contributed by atoms with Crippen molar-refractivity contribution >= 4 is 11.9 Å². The molecular formula is C32H37NO15. The molecular weight excluding hydrogens is 638 g/mol. The van der Waals surface area contributed by atoms with Crippen molar-refractivity contribution in [2.45, 2.75) is 61.5 Å². The third-order valence-corrected chi connectivity index (χ3v) is 9.29. The van der Waals surface area contributed by atoms with Crippen molar-refractivity contribution in [3.63, 3.8) is 0 Å². The molecule has 0 radical (unpaired) electrons. The normalized spacial score (nSPS) is 31.2. The van der Waals surface area contributed by atoms with Gasteiger partial charge in [0.25, 0.3) is 0 Å². The van der Waals surface area contributed by atoms with Crippen molar-refractivity contribution in [1.82, 2.24) is 0 Å². The van der Waals surface area contributed by atoms with E-state index in [9.17, 15) is 19.8 Å². The maximum atomic E-state index is 12.1. The average molecular weight is 676 g/mol. The van der Waals surface area contributed by atoms with Crippen molar-refractivity contribution in [3.05, 3.63) is 41.5 Å². The molecule has 5 aliphatic heterocycles. The predicted molar refractivity (Wildman–Crippen MR) is 157 cm³/mol. The number of fused-ring (bicyclic) bond motifs is 6. The van der Waals surface area contributed by atoms with Gasteiger partial charge in [-0.15, -0.1) is 0 Å². The highest BCUT2D eigenvalue weighted by molar-refractivity contribution is 5.90. The summed E-state index contributed by atoms with van der Waals surface area (Å²) in [5.41, 5.74) is 5.88. The molecule has 0 bridgehead atoms. The summed E-state index contributed by atoms with van der Waals surface area (Å²) in [6.45, 7) is 0.231. The van der Waals surface area contributed by atoms with Crippen molar-refractivity contribution < 1.29 is 72.6 Å². The molecule has 2 aromatic carbocycles. The molecule has 5 aliphatic rings. The summed E-state index contributed by atoms with van der Waals surface area (Å²) >= 11 is 0. The summed E-state index contributed by atoms with van der Waals surface area (Å²) in [5.74, 6) is 0.219. The summed E-state index contributed by atoms with van der Waals surface area (Å²) in [6, 6.07) is 8.84. The van der Waals surface area contributed by atoms with E-state index in [4.69, 9.17) is 58.5 Å². The first kappa shape index (κ1) is 32.6. The van der Waals surface area contributed by atoms with Gasteiger partial charge >= 0.3 is 11.9 Å². The third-order valence-electron chi connectivity index (χ3n) is 9.29. The molecule has 8 atom stereocenters. The second kappa shape index (κ2) is 13.5. The first-order valence-corrected chi connectivity index (χ1v) is 15.8. The number of aliphatic hydroxyl groups is 2. The quantitative estimate of drug-likeness (QED) is 0.113. The molecule has 16 nitrogen and oxygen atoms in total. The number of benzene rings is 2. The molecule has 16 heteroatoms. The zero-order chi connectivity index (χ0) is 33.4. The van der Waals surface area contributed by atoms with Crippen LogP contribution in [0.2, 0.25) is 0 Å². The number of ether oxygens (including phenoxy) is 8. The van der Waals surface area contributed by atoms with E-state index in [1.165, 1.54) is 0 Å². The minimum Gasteiger partial charge on any atom is -0.492 e. The molecule has 0 aromatic heterocycles. The molecule has 2 saturated heterocycles. The van der Waals surface area contributed by atoms with Crippen LogP contribution in [0.5, 0.6) is 28.7 Å². The number of carboxylic acid groups (broad SMARTS) is 1. The maximum Gasteiger partial charge on any atom is 0.317 e. The van der Waals surface area contributed by atoms with Gasteiger partial charge in [0.1, 0.15) is 48.4 Å². The van der Waals surface area contributed by atoms with Crippen LogP contribution in [0.1, 0.15) is 42.4 Å². The Labute approximate surface area is 274 Å². The van der Waals surface area contributed by atoms with E-state index in [1.807, 2.05) is 12.1 Å². The fraction of sp³-hybridized carbons (Fsp3) is 0.562. The number of carboxylic acids is 1. The van der Waals surface area contributed by atoms with Crippen molar-refractivity contribution in [1.29, 1.82) is 0 Å². The van der Waals surface area contributed by atoms with Crippen LogP contribution < -0.4 is 29.6 Å². The number of nitrogens with two attached hydrogens (primary N) is 1. The van der Waals surface area contributed by atoms with Crippen LogP contribution in [-0.2, 0) is 33.4 Å². The summed E-state index contributed by atoms with van der Waals surface area (Å²) < 4.78 is 46.8. The monoisotopic (exact) mass is 675 g/mol. The number of hydrogen-bond acceptors (Lipinski definition) is 15. The molecule has 7 rings (SSSR count). The molecule has 48 heavy (non-hydrogen) atoms. The Hall–Kier alpha value is -3.90. The molecule has 0 aliphatic carbocycles. The lowest BCUT2D eigenvalue weighted by atomic mass is 9.77. The molecule has 5 N–H and O–H groups in total. The van der Waals surface area contributed by atoms with E-state index in [0.29, 0.717) is 36.0 Å². The predicted octanol–water partition coefficient (Wildman–Crippen LogP) is 0.941. The van der Waals surface area contributed by atoms with E-state index in [1.54, 1.807) is 18.2 Å². The topological polar surface area (TPSA) is 213 Å². The molecule has 2 fully saturated rings. The van der Waals surface area contributed by atoms with E-state index < -0.39 is 55.2 Å². The number of aliphatic carboxylic acids is 1. The smallest absolute Gasteiger partial charge is 0.317 e. The molecule has 0 unspecified atom stereocenters. The van der Waals surface area contributed by atoms with Gasteiger partial charge in [0.15, 0.2) is 29.6 Å². The van der Waals surface area contributed by atoms with E-state index in [-0.39, 0.29) is 63.3 Å². The molecule has 0 saturated carbocycles. The van der Waals surface area contributed by atoms with E-state index in [2.05, 4.69) is 0 Å². The van der Waals surface area contributed by atoms with Crippen LogP contribution in [0.4, 0.5) is 0 Å². The van der Waals surface area contributed by atoms with Gasteiger partial charge in [-0.3, -0.25) is 9.59 Å². The fourth-order valence-electron chi connectivity index (χ4n) is 6.79. The summed E-state index contributed by atoms with van der Waals surface area (Å²) in [4.78, 5) is 34.7. The molecule has 2 aromatic rings. The molecule has 0 amide bonds. The Kier molecular flexibility index (Phi) is 9.21. The number of hydrogen-bond donors (Lipinski definition) is 4. The van der Waals surface area contributed by atoms with E-state index in [0.717, 1.165) is 11.1 Å². The summed E-state index contributed by atoms with van der Waals surface area (Å²) in [7, 11) is 0. The zero-order valence-corrected chi connectivity index (χ0v) is 25.8. The Morgan fingerprint density at radius 1 is 1.02 bits per heavy atom. The van der Waals surface area contributed by atoms with E-state index >= 15 is 0 Å². The van der Waals surface area contributed by atoms with Crippen LogP contribution in [0.15, 0.2) is 30.3 Å². The lowest BCUT2D eigenvalue weighted by Gasteiger charge is -2.53. The first-order valence-electron chi connectivity index (χ1n) is 15.8. The fourth-order valence-corrected chi connectivity index (χ4v) is 6.79. The Morgan fingerprint density at radius 2 is 1.85 bits per heavy atom. The van der Waals surface area contributed by atoms with Gasteiger partial charge in [0.05, 0.1) is 25.7 Å². The van der Waals surface area contributed by atoms with Crippen molar-refractivity contribution in [3.8, 4) is 28.7 Å². The highest BCUT2D eigenvalue weighted by Gasteiger charge is 2.60. The van der Waals surface area contributed by atoms with Crippen LogP contribution in [-0.4, -0.2) is 104 Å². The number of carbonyl (C=O) groups excluding carboxylic acids is 1. The van der Waals surface area contributed by atoms with Crippen molar-refractivity contribution in [2.24, 2.45) is 11.7 Å². The minimum absolute atomic E-state index is 0.0277. The van der Waals surface area contributed by atoms with Gasteiger partial charge in [-0.2, -0.15) is 4.89 Å². The number of esters is 1. The van der Waals surface area contributed by atoms with Gasteiger partial charge in [-0.1, -0.05) is 0 Å². The van der Waals surface area contributed by atoms with Gasteiger partial charge < -0.3 is 63.8 Å². The summed E-state index contributed by atoms with van der Waals surface area (Å²) in [5, 5.41) is 30.5. The highest BCUT2D eigenvalue weighted by atomic mass is 17.2. The Bertz CT molecular complexity index is 1510. The second-order valence-corrected chi connectivity index (χ2v) is 12.2. The maximum absolute atomic E-state index is 12.1. The standard InChI is InChI=1S/C32H37NO15/c33-5-6-39-31-29(30(38)32(4-3-16(11-34)12-44-32)25(46-31)14-41-27(37)10-26(35)36)48-47-17-1-2-21-19(7-17)28-20(13-40-21)18-8-23-24(43-15-42-23)9-22(18)45-28/h1-2,7-9,16,20,25,28-31,34,38H,3-6,10-15,33H2,(H,35,36)/t16-,20-,25-,28-,29-,30-,31-,32-/m1/s1.